The van der Waals surface area contributed by atoms with Gasteiger partial charge in [0.2, 0.25) is 5.91 Å². The smallest absolute Gasteiger partial charge is 0.238 e. The number of ether oxygens (including phenoxy) is 2. The highest BCUT2D eigenvalue weighted by molar-refractivity contribution is 5.92. The Kier molecular flexibility index (Phi) is 5.98. The van der Waals surface area contributed by atoms with Gasteiger partial charge in [-0.2, -0.15) is 0 Å². The van der Waals surface area contributed by atoms with E-state index in [-0.39, 0.29) is 12.0 Å². The van der Waals surface area contributed by atoms with Crippen molar-refractivity contribution in [2.45, 2.75) is 6.10 Å². The minimum absolute atomic E-state index is 0.0200. The molecule has 1 aliphatic heterocycles. The molecule has 0 aromatic heterocycles. The van der Waals surface area contributed by atoms with Crippen LogP contribution in [0.15, 0.2) is 24.3 Å². The van der Waals surface area contributed by atoms with E-state index in [9.17, 15) is 4.79 Å². The summed E-state index contributed by atoms with van der Waals surface area (Å²) in [4.78, 5) is 14.2. The van der Waals surface area contributed by atoms with E-state index in [0.717, 1.165) is 31.1 Å². The number of hydrogen-bond acceptors (Lipinski definition) is 5. The van der Waals surface area contributed by atoms with Crippen molar-refractivity contribution in [3.63, 3.8) is 0 Å². The molecule has 116 valence electrons. The Hall–Kier alpha value is -1.63. The van der Waals surface area contributed by atoms with Crippen LogP contribution in [0.1, 0.15) is 0 Å². The number of likely N-dealkylation sites (N-methyl/N-ethyl adjacent to an activating group) is 1. The minimum Gasteiger partial charge on any atom is -0.497 e. The topological polar surface area (TPSA) is 62.8 Å². The van der Waals surface area contributed by atoms with Crippen LogP contribution in [0.25, 0.3) is 0 Å². The summed E-state index contributed by atoms with van der Waals surface area (Å²) in [5, 5.41) is 5.99. The van der Waals surface area contributed by atoms with Crippen LogP contribution in [0.3, 0.4) is 0 Å². The molecule has 1 fully saturated rings. The molecule has 1 aromatic rings. The SMILES string of the molecule is CNCC1CN(CC(=O)Nc2cccc(OC)c2)CCO1. The molecule has 21 heavy (non-hydrogen) atoms. The van der Waals surface area contributed by atoms with Gasteiger partial charge in [-0.15, -0.1) is 0 Å². The average Bonchev–Trinajstić information content (AvgIpc) is 2.48. The zero-order valence-corrected chi connectivity index (χ0v) is 12.6. The summed E-state index contributed by atoms with van der Waals surface area (Å²) in [5.41, 5.74) is 0.749. The van der Waals surface area contributed by atoms with Crippen molar-refractivity contribution in [2.24, 2.45) is 0 Å². The fourth-order valence-corrected chi connectivity index (χ4v) is 2.38. The first-order valence-corrected chi connectivity index (χ1v) is 7.13. The summed E-state index contributed by atoms with van der Waals surface area (Å²) in [6, 6.07) is 7.36. The highest BCUT2D eigenvalue weighted by Gasteiger charge is 2.21. The number of rotatable bonds is 6. The van der Waals surface area contributed by atoms with Gasteiger partial charge in [0.15, 0.2) is 0 Å². The van der Waals surface area contributed by atoms with E-state index in [2.05, 4.69) is 15.5 Å². The minimum atomic E-state index is -0.0200. The van der Waals surface area contributed by atoms with Crippen LogP contribution in [0.5, 0.6) is 5.75 Å². The molecule has 1 amide bonds. The van der Waals surface area contributed by atoms with E-state index >= 15 is 0 Å². The highest BCUT2D eigenvalue weighted by Crippen LogP contribution is 2.16. The molecule has 0 radical (unpaired) electrons. The fourth-order valence-electron chi connectivity index (χ4n) is 2.38. The summed E-state index contributed by atoms with van der Waals surface area (Å²) >= 11 is 0. The number of methoxy groups -OCH3 is 1. The van der Waals surface area contributed by atoms with Crippen molar-refractivity contribution in [3.8, 4) is 5.75 Å². The largest absolute Gasteiger partial charge is 0.497 e. The summed E-state index contributed by atoms with van der Waals surface area (Å²) in [6.07, 6.45) is 0.147. The van der Waals surface area contributed by atoms with Gasteiger partial charge in [-0.05, 0) is 19.2 Å². The van der Waals surface area contributed by atoms with E-state index in [4.69, 9.17) is 9.47 Å². The Morgan fingerprint density at radius 3 is 3.14 bits per heavy atom. The number of morpholine rings is 1. The number of nitrogens with one attached hydrogen (secondary N) is 2. The number of amides is 1. The lowest BCUT2D eigenvalue weighted by Crippen LogP contribution is -2.48. The highest BCUT2D eigenvalue weighted by atomic mass is 16.5. The second-order valence-corrected chi connectivity index (χ2v) is 5.07. The predicted molar refractivity (Wildman–Crippen MR) is 81.7 cm³/mol. The Morgan fingerprint density at radius 1 is 1.52 bits per heavy atom. The molecular weight excluding hydrogens is 270 g/mol. The first-order valence-electron chi connectivity index (χ1n) is 7.13. The van der Waals surface area contributed by atoms with E-state index in [1.54, 1.807) is 13.2 Å². The second kappa shape index (κ2) is 7.97. The number of carbonyl (C=O) groups is 1. The number of nitrogens with zero attached hydrogens (tertiary/aromatic N) is 1. The third kappa shape index (κ3) is 5.00. The van der Waals surface area contributed by atoms with Crippen molar-refractivity contribution in [3.05, 3.63) is 24.3 Å². The molecule has 0 bridgehead atoms. The van der Waals surface area contributed by atoms with Crippen LogP contribution in [-0.2, 0) is 9.53 Å². The van der Waals surface area contributed by atoms with E-state index in [0.29, 0.717) is 13.2 Å². The molecule has 1 saturated heterocycles. The van der Waals surface area contributed by atoms with Crippen molar-refractivity contribution >= 4 is 11.6 Å². The zero-order valence-electron chi connectivity index (χ0n) is 12.6. The molecule has 2 N–H and O–H groups in total. The molecule has 6 heteroatoms. The van der Waals surface area contributed by atoms with Gasteiger partial charge in [0.25, 0.3) is 0 Å². The number of carbonyl (C=O) groups excluding carboxylic acids is 1. The third-order valence-corrected chi connectivity index (χ3v) is 3.38. The van der Waals surface area contributed by atoms with Gasteiger partial charge < -0.3 is 20.1 Å². The lowest BCUT2D eigenvalue weighted by Gasteiger charge is -2.32. The molecule has 1 aliphatic rings. The molecule has 1 aromatic carbocycles. The van der Waals surface area contributed by atoms with Gasteiger partial charge in [0.1, 0.15) is 5.75 Å². The molecule has 1 heterocycles. The molecule has 1 unspecified atom stereocenters. The van der Waals surface area contributed by atoms with Gasteiger partial charge >= 0.3 is 0 Å². The lowest BCUT2D eigenvalue weighted by molar-refractivity contribution is -0.119. The van der Waals surface area contributed by atoms with Crippen LogP contribution < -0.4 is 15.4 Å². The average molecular weight is 293 g/mol. The summed E-state index contributed by atoms with van der Waals surface area (Å²) in [5.74, 6) is 0.710. The number of benzene rings is 1. The van der Waals surface area contributed by atoms with Crippen LogP contribution in [0.2, 0.25) is 0 Å². The van der Waals surface area contributed by atoms with Gasteiger partial charge in [-0.3, -0.25) is 9.69 Å². The molecule has 0 aliphatic carbocycles. The molecule has 2 rings (SSSR count). The van der Waals surface area contributed by atoms with Gasteiger partial charge in [0, 0.05) is 31.4 Å². The molecule has 0 spiro atoms. The maximum absolute atomic E-state index is 12.1. The zero-order chi connectivity index (χ0) is 15.1. The van der Waals surface area contributed by atoms with Crippen molar-refractivity contribution in [1.82, 2.24) is 10.2 Å². The van der Waals surface area contributed by atoms with Crippen molar-refractivity contribution in [2.75, 3.05) is 52.3 Å². The Balaban J connectivity index is 1.83. The van der Waals surface area contributed by atoms with E-state index < -0.39 is 0 Å². The standard InChI is InChI=1S/C15H23N3O3/c1-16-9-14-10-18(6-7-21-14)11-15(19)17-12-4-3-5-13(8-12)20-2/h3-5,8,14,16H,6-7,9-11H2,1-2H3,(H,17,19). The van der Waals surface area contributed by atoms with Crippen molar-refractivity contribution in [1.29, 1.82) is 0 Å². The second-order valence-electron chi connectivity index (χ2n) is 5.07. The van der Waals surface area contributed by atoms with E-state index in [1.165, 1.54) is 0 Å². The predicted octanol–water partition coefficient (Wildman–Crippen LogP) is 0.554. The fraction of sp³-hybridized carbons (Fsp3) is 0.533. The van der Waals surface area contributed by atoms with Crippen molar-refractivity contribution < 1.29 is 14.3 Å². The quantitative estimate of drug-likeness (QED) is 0.802. The number of anilines is 1. The Bertz CT molecular complexity index is 465. The molecule has 0 saturated carbocycles. The van der Waals surface area contributed by atoms with Gasteiger partial charge in [0.05, 0.1) is 26.4 Å². The molecule has 6 nitrogen and oxygen atoms in total. The summed E-state index contributed by atoms with van der Waals surface area (Å²) in [7, 11) is 3.51. The van der Waals surface area contributed by atoms with Crippen LogP contribution in [0, 0.1) is 0 Å². The monoisotopic (exact) mass is 293 g/mol. The normalized spacial score (nSPS) is 19.2. The van der Waals surface area contributed by atoms with Gasteiger partial charge in [-0.25, -0.2) is 0 Å². The lowest BCUT2D eigenvalue weighted by atomic mass is 10.2. The third-order valence-electron chi connectivity index (χ3n) is 3.38. The molecule has 1 atom stereocenters. The summed E-state index contributed by atoms with van der Waals surface area (Å²) in [6.45, 7) is 3.39. The van der Waals surface area contributed by atoms with E-state index in [1.807, 2.05) is 25.2 Å². The Labute approximate surface area is 125 Å². The van der Waals surface area contributed by atoms with Crippen LogP contribution >= 0.6 is 0 Å². The first kappa shape index (κ1) is 15.8. The molecular formula is C15H23N3O3. The van der Waals surface area contributed by atoms with Gasteiger partial charge in [-0.1, -0.05) is 6.07 Å². The Morgan fingerprint density at radius 2 is 2.38 bits per heavy atom. The van der Waals surface area contributed by atoms with Crippen LogP contribution in [0.4, 0.5) is 5.69 Å². The maximum atomic E-state index is 12.1. The summed E-state index contributed by atoms with van der Waals surface area (Å²) < 4.78 is 10.8. The maximum Gasteiger partial charge on any atom is 0.238 e. The van der Waals surface area contributed by atoms with Crippen LogP contribution in [-0.4, -0.2) is 63.9 Å². The first-order chi connectivity index (χ1) is 10.2. The number of hydrogen-bond donors (Lipinski definition) is 2.